The lowest BCUT2D eigenvalue weighted by Crippen LogP contribution is -2.52. The summed E-state index contributed by atoms with van der Waals surface area (Å²) in [5.41, 5.74) is 1.64. The van der Waals surface area contributed by atoms with Crippen LogP contribution in [0.25, 0.3) is 5.65 Å². The van der Waals surface area contributed by atoms with Crippen molar-refractivity contribution in [1.29, 1.82) is 0 Å². The second-order valence-electron chi connectivity index (χ2n) is 9.95. The number of rotatable bonds is 7. The molecule has 0 saturated carbocycles. The molecule has 1 fully saturated rings. The van der Waals surface area contributed by atoms with E-state index < -0.39 is 29.7 Å². The van der Waals surface area contributed by atoms with E-state index in [9.17, 15) is 22.4 Å². The van der Waals surface area contributed by atoms with Crippen LogP contribution in [0.4, 0.5) is 37.7 Å². The molecule has 0 aliphatic carbocycles. The van der Waals surface area contributed by atoms with Crippen molar-refractivity contribution in [3.8, 4) is 5.75 Å². The number of nitrogens with one attached hydrogen (secondary N) is 1. The fraction of sp³-hybridized carbons (Fsp3) is 0.310. The van der Waals surface area contributed by atoms with Gasteiger partial charge in [0.1, 0.15) is 40.2 Å². The average molecular weight is 628 g/mol. The largest absolute Gasteiger partial charge is 0.573 e. The van der Waals surface area contributed by atoms with Crippen LogP contribution in [0.5, 0.6) is 5.75 Å². The van der Waals surface area contributed by atoms with Gasteiger partial charge in [-0.3, -0.25) is 9.20 Å². The quantitative estimate of drug-likeness (QED) is 0.245. The molecule has 2 aromatic heterocycles. The molecule has 1 N–H and O–H groups in total. The zero-order chi connectivity index (χ0) is 30.2. The van der Waals surface area contributed by atoms with Gasteiger partial charge in [-0.1, -0.05) is 6.92 Å². The highest BCUT2D eigenvalue weighted by molar-refractivity contribution is 5.94. The van der Waals surface area contributed by atoms with Crippen LogP contribution in [-0.4, -0.2) is 47.3 Å². The summed E-state index contributed by atoms with van der Waals surface area (Å²) in [5, 5.41) is 2.67. The molecule has 0 radical (unpaired) electrons. The van der Waals surface area contributed by atoms with Crippen molar-refractivity contribution >= 4 is 35.3 Å². The maximum atomic E-state index is 15.2. The van der Waals surface area contributed by atoms with Crippen LogP contribution in [0.2, 0.25) is 0 Å². The Morgan fingerprint density at radius 3 is 2.33 bits per heavy atom. The van der Waals surface area contributed by atoms with E-state index in [1.165, 1.54) is 59.1 Å². The molecule has 1 saturated heterocycles. The number of aryl methyl sites for hydroxylation is 1. The minimum absolute atomic E-state index is 0. The van der Waals surface area contributed by atoms with Crippen LogP contribution in [0.3, 0.4) is 0 Å². The summed E-state index contributed by atoms with van der Waals surface area (Å²) in [4.78, 5) is 20.8. The Kier molecular flexibility index (Phi) is 9.33. The maximum Gasteiger partial charge on any atom is 0.573 e. The first-order chi connectivity index (χ1) is 19.9. The van der Waals surface area contributed by atoms with Gasteiger partial charge in [-0.2, -0.15) is 0 Å². The number of carbonyl (C=O) groups is 1. The summed E-state index contributed by atoms with van der Waals surface area (Å²) in [7, 11) is 0. The number of ether oxygens (including phenoxy) is 1. The van der Waals surface area contributed by atoms with Gasteiger partial charge in [0.25, 0.3) is 5.91 Å². The minimum atomic E-state index is -4.79. The number of hydrogen-bond donors (Lipinski definition) is 1. The number of pyridine rings is 1. The number of halogens is 7. The van der Waals surface area contributed by atoms with Gasteiger partial charge in [-0.15, -0.1) is 25.6 Å². The molecule has 1 aliphatic heterocycles. The normalized spacial score (nSPS) is 15.4. The van der Waals surface area contributed by atoms with E-state index in [4.69, 9.17) is 0 Å². The molecule has 1 atom stereocenters. The molecule has 3 heterocycles. The number of benzene rings is 2. The van der Waals surface area contributed by atoms with E-state index in [2.05, 4.69) is 15.0 Å². The molecule has 2 aromatic carbocycles. The molecule has 4 aromatic rings. The monoisotopic (exact) mass is 627 g/mol. The molecule has 43 heavy (non-hydrogen) atoms. The number of piperazine rings is 1. The molecule has 5 rings (SSSR count). The Morgan fingerprint density at radius 2 is 1.72 bits per heavy atom. The Morgan fingerprint density at radius 1 is 1.05 bits per heavy atom. The Labute approximate surface area is 249 Å². The molecular weight excluding hydrogens is 600 g/mol. The topological polar surface area (TPSA) is 62.1 Å². The number of aromatic nitrogens is 2. The number of alkyl halides is 3. The van der Waals surface area contributed by atoms with Crippen LogP contribution in [0.1, 0.15) is 35.6 Å². The maximum absolute atomic E-state index is 15.2. The van der Waals surface area contributed by atoms with E-state index in [0.29, 0.717) is 24.3 Å². The fourth-order valence-electron chi connectivity index (χ4n) is 5.23. The van der Waals surface area contributed by atoms with Crippen molar-refractivity contribution < 1.29 is 35.9 Å². The van der Waals surface area contributed by atoms with Gasteiger partial charge < -0.3 is 19.9 Å². The summed E-state index contributed by atoms with van der Waals surface area (Å²) in [6.07, 6.45) is -2.96. The molecule has 0 spiro atoms. The third-order valence-electron chi connectivity index (χ3n) is 7.09. The highest BCUT2D eigenvalue weighted by atomic mass is 35.5. The smallest absolute Gasteiger partial charge is 0.406 e. The summed E-state index contributed by atoms with van der Waals surface area (Å²) in [5.74, 6) is -2.91. The predicted octanol–water partition coefficient (Wildman–Crippen LogP) is 6.28. The number of fused-ring (bicyclic) bond motifs is 1. The average Bonchev–Trinajstić information content (AvgIpc) is 3.29. The molecule has 14 heteroatoms. The second kappa shape index (κ2) is 12.6. The number of hydrogen-bond acceptors (Lipinski definition) is 5. The van der Waals surface area contributed by atoms with E-state index in [1.807, 2.05) is 18.7 Å². The van der Waals surface area contributed by atoms with Crippen molar-refractivity contribution in [3.63, 3.8) is 0 Å². The molecular formula is C29H28ClF6N5O2. The van der Waals surface area contributed by atoms with Crippen LogP contribution < -0.4 is 19.9 Å². The van der Waals surface area contributed by atoms with E-state index in [0.717, 1.165) is 0 Å². The third-order valence-corrected chi connectivity index (χ3v) is 7.09. The zero-order valence-electron chi connectivity index (χ0n) is 23.1. The van der Waals surface area contributed by atoms with Crippen LogP contribution in [0, 0.1) is 17.5 Å². The minimum Gasteiger partial charge on any atom is -0.406 e. The molecule has 1 aliphatic rings. The first-order valence-electron chi connectivity index (χ1n) is 13.2. The lowest BCUT2D eigenvalue weighted by molar-refractivity contribution is -0.274. The van der Waals surface area contributed by atoms with Gasteiger partial charge in [-0.05, 0) is 61.4 Å². The van der Waals surface area contributed by atoms with Crippen LogP contribution in [-0.2, 0) is 13.0 Å². The summed E-state index contributed by atoms with van der Waals surface area (Å²) < 4.78 is 86.8. The van der Waals surface area contributed by atoms with E-state index >= 15 is 8.78 Å². The fourth-order valence-corrected chi connectivity index (χ4v) is 5.23. The predicted molar refractivity (Wildman–Crippen MR) is 151 cm³/mol. The number of amides is 1. The van der Waals surface area contributed by atoms with Crippen molar-refractivity contribution in [2.45, 2.75) is 39.2 Å². The first-order valence-corrected chi connectivity index (χ1v) is 13.2. The lowest BCUT2D eigenvalue weighted by Gasteiger charge is -2.42. The summed E-state index contributed by atoms with van der Waals surface area (Å²) >= 11 is 0. The van der Waals surface area contributed by atoms with Crippen molar-refractivity contribution in [1.82, 2.24) is 14.7 Å². The summed E-state index contributed by atoms with van der Waals surface area (Å²) in [6, 6.07) is 9.99. The Hall–Kier alpha value is -4.13. The van der Waals surface area contributed by atoms with Gasteiger partial charge in [-0.25, -0.2) is 18.2 Å². The first kappa shape index (κ1) is 31.8. The van der Waals surface area contributed by atoms with Crippen molar-refractivity contribution in [2.24, 2.45) is 0 Å². The van der Waals surface area contributed by atoms with Crippen LogP contribution in [0.15, 0.2) is 54.7 Å². The van der Waals surface area contributed by atoms with Crippen molar-refractivity contribution in [2.75, 3.05) is 29.4 Å². The highest BCUT2D eigenvalue weighted by Gasteiger charge is 2.32. The van der Waals surface area contributed by atoms with Crippen LogP contribution >= 0.6 is 12.4 Å². The zero-order valence-corrected chi connectivity index (χ0v) is 23.9. The van der Waals surface area contributed by atoms with Gasteiger partial charge in [0.2, 0.25) is 0 Å². The number of carbonyl (C=O) groups excluding carboxylic acids is 1. The SMILES string of the molecule is CCc1nc2cc(F)ccn2c1C(=O)NCc1cc(F)c(N2CCN(c3ccc(OC(F)(F)F)cc3)[C@@H](C)C2)c(F)c1.Cl. The molecule has 0 unspecified atom stereocenters. The van der Waals surface area contributed by atoms with E-state index in [-0.39, 0.29) is 66.4 Å². The molecule has 230 valence electrons. The Bertz CT molecular complexity index is 1590. The van der Waals surface area contributed by atoms with E-state index in [1.54, 1.807) is 4.90 Å². The Balaban J connectivity index is 0.00000423. The molecule has 1 amide bonds. The third kappa shape index (κ3) is 6.93. The second-order valence-corrected chi connectivity index (χ2v) is 9.95. The summed E-state index contributed by atoms with van der Waals surface area (Å²) in [6.45, 7) is 4.42. The number of imidazole rings is 1. The number of nitrogens with zero attached hydrogens (tertiary/aromatic N) is 4. The van der Waals surface area contributed by atoms with Gasteiger partial charge in [0, 0.05) is 50.2 Å². The van der Waals surface area contributed by atoms with Crippen molar-refractivity contribution in [3.05, 3.63) is 89.1 Å². The number of anilines is 2. The van der Waals surface area contributed by atoms with Gasteiger partial charge in [0.15, 0.2) is 0 Å². The lowest BCUT2D eigenvalue weighted by atomic mass is 10.1. The highest BCUT2D eigenvalue weighted by Crippen LogP contribution is 2.31. The van der Waals surface area contributed by atoms with Gasteiger partial charge >= 0.3 is 6.36 Å². The molecule has 7 nitrogen and oxygen atoms in total. The molecule has 0 bridgehead atoms. The standard InChI is InChI=1S/C29H27F6N5O2.ClH/c1-3-24-27(40-9-8-19(30)14-25(40)37-24)28(41)36-15-18-12-22(31)26(23(32)13-18)38-10-11-39(17(2)16-38)20-4-6-21(7-5-20)42-29(33,34)35;/h4-9,12-14,17H,3,10-11,15-16H2,1-2H3,(H,36,41);1H/t17-;/m0./s1. The van der Waals surface area contributed by atoms with Gasteiger partial charge in [0.05, 0.1) is 5.69 Å².